The zero-order valence-electron chi connectivity index (χ0n) is 9.10. The third-order valence-corrected chi connectivity index (χ3v) is 2.78. The Balaban J connectivity index is 2.49. The van der Waals surface area contributed by atoms with E-state index in [2.05, 4.69) is 5.48 Å². The van der Waals surface area contributed by atoms with E-state index in [0.717, 1.165) is 0 Å². The largest absolute Gasteiger partial charge is 0.478 e. The predicted molar refractivity (Wildman–Crippen MR) is 58.4 cm³/mol. The molecule has 1 heterocycles. The van der Waals surface area contributed by atoms with Crippen molar-refractivity contribution in [2.75, 3.05) is 0 Å². The second-order valence-electron chi connectivity index (χ2n) is 3.87. The number of carboxylic acids is 1. The number of nitrogens with one attached hydrogen (secondary N) is 1. The van der Waals surface area contributed by atoms with Crippen molar-refractivity contribution in [1.29, 1.82) is 5.26 Å². The summed E-state index contributed by atoms with van der Waals surface area (Å²) in [6.45, 7) is 1.69. The maximum absolute atomic E-state index is 11.1. The molecule has 86 valence electrons. The lowest BCUT2D eigenvalue weighted by molar-refractivity contribution is -0.133. The van der Waals surface area contributed by atoms with Gasteiger partial charge in [0.05, 0.1) is 11.6 Å². The van der Waals surface area contributed by atoms with Gasteiger partial charge in [-0.1, -0.05) is 12.1 Å². The van der Waals surface area contributed by atoms with Crippen LogP contribution in [0, 0.1) is 11.3 Å². The van der Waals surface area contributed by atoms with Gasteiger partial charge in [-0.05, 0) is 24.6 Å². The Morgan fingerprint density at radius 3 is 3.00 bits per heavy atom. The Hall–Kier alpha value is -2.32. The normalized spacial score (nSPS) is 22.5. The van der Waals surface area contributed by atoms with Gasteiger partial charge in [0.15, 0.2) is 0 Å². The van der Waals surface area contributed by atoms with Crippen molar-refractivity contribution in [2.45, 2.75) is 12.5 Å². The lowest BCUT2D eigenvalue weighted by atomic mass is 9.85. The molecule has 2 N–H and O–H groups in total. The van der Waals surface area contributed by atoms with Crippen LogP contribution in [0.3, 0.4) is 0 Å². The minimum absolute atomic E-state index is 0.104. The molecule has 5 heteroatoms. The number of carbonyl (C=O) groups is 1. The number of hydrogen-bond acceptors (Lipinski definition) is 4. The van der Waals surface area contributed by atoms with Crippen molar-refractivity contribution in [2.24, 2.45) is 0 Å². The summed E-state index contributed by atoms with van der Waals surface area (Å²) in [5.74, 6) is -1.06. The first kappa shape index (κ1) is 11.2. The fourth-order valence-corrected chi connectivity index (χ4v) is 1.76. The molecule has 2 rings (SSSR count). The van der Waals surface area contributed by atoms with Gasteiger partial charge in [0.25, 0.3) is 0 Å². The van der Waals surface area contributed by atoms with Gasteiger partial charge in [0.2, 0.25) is 0 Å². The third-order valence-electron chi connectivity index (χ3n) is 2.78. The average Bonchev–Trinajstić information content (AvgIpc) is 2.73. The molecule has 0 fully saturated rings. The van der Waals surface area contributed by atoms with E-state index in [1.165, 1.54) is 6.26 Å². The van der Waals surface area contributed by atoms with Crippen LogP contribution in [-0.2, 0) is 15.2 Å². The van der Waals surface area contributed by atoms with E-state index in [0.29, 0.717) is 11.1 Å². The van der Waals surface area contributed by atoms with E-state index < -0.39 is 11.5 Å². The Kier molecular flexibility index (Phi) is 2.58. The van der Waals surface area contributed by atoms with Crippen molar-refractivity contribution in [1.82, 2.24) is 5.48 Å². The molecule has 1 aromatic rings. The summed E-state index contributed by atoms with van der Waals surface area (Å²) in [5.41, 5.74) is 2.95. The van der Waals surface area contributed by atoms with Gasteiger partial charge in [-0.3, -0.25) is 0 Å². The Morgan fingerprint density at radius 2 is 2.35 bits per heavy atom. The molecular formula is C12H10N2O3. The summed E-state index contributed by atoms with van der Waals surface area (Å²) in [6.07, 6.45) is 1.17. The molecule has 0 aliphatic carbocycles. The first-order valence-corrected chi connectivity index (χ1v) is 4.95. The summed E-state index contributed by atoms with van der Waals surface area (Å²) in [7, 11) is 0. The molecular weight excluding hydrogens is 220 g/mol. The van der Waals surface area contributed by atoms with Gasteiger partial charge < -0.3 is 9.94 Å². The molecule has 1 aliphatic heterocycles. The van der Waals surface area contributed by atoms with E-state index in [4.69, 9.17) is 15.2 Å². The molecule has 0 amide bonds. The number of rotatable bonds is 2. The zero-order valence-corrected chi connectivity index (χ0v) is 9.10. The van der Waals surface area contributed by atoms with Gasteiger partial charge in [-0.25, -0.2) is 4.79 Å². The summed E-state index contributed by atoms with van der Waals surface area (Å²) in [4.78, 5) is 16.0. The molecule has 0 bridgehead atoms. The van der Waals surface area contributed by atoms with Gasteiger partial charge in [0, 0.05) is 0 Å². The Morgan fingerprint density at radius 1 is 1.59 bits per heavy atom. The van der Waals surface area contributed by atoms with Crippen LogP contribution in [0.5, 0.6) is 0 Å². The zero-order chi connectivity index (χ0) is 12.5. The summed E-state index contributed by atoms with van der Waals surface area (Å²) < 4.78 is 0. The van der Waals surface area contributed by atoms with Gasteiger partial charge in [-0.15, -0.1) is 5.48 Å². The number of nitrogens with zero attached hydrogens (tertiary/aromatic N) is 1. The van der Waals surface area contributed by atoms with E-state index >= 15 is 0 Å². The SMILES string of the molecule is CC1(c2cccc(C#N)c2)NOC=C1C(=O)O. The lowest BCUT2D eigenvalue weighted by Gasteiger charge is -2.24. The first-order chi connectivity index (χ1) is 8.08. The molecule has 0 aromatic heterocycles. The molecule has 1 unspecified atom stereocenters. The topological polar surface area (TPSA) is 82.3 Å². The second kappa shape index (κ2) is 3.92. The summed E-state index contributed by atoms with van der Waals surface area (Å²) in [5, 5.41) is 17.9. The van der Waals surface area contributed by atoms with Gasteiger partial charge in [-0.2, -0.15) is 5.26 Å². The van der Waals surface area contributed by atoms with Crippen molar-refractivity contribution in [3.8, 4) is 6.07 Å². The van der Waals surface area contributed by atoms with Gasteiger partial charge in [0.1, 0.15) is 17.4 Å². The smallest absolute Gasteiger partial charge is 0.337 e. The monoisotopic (exact) mass is 230 g/mol. The van der Waals surface area contributed by atoms with Crippen molar-refractivity contribution < 1.29 is 14.7 Å². The lowest BCUT2D eigenvalue weighted by Crippen LogP contribution is -2.38. The van der Waals surface area contributed by atoms with E-state index in [1.807, 2.05) is 6.07 Å². The average molecular weight is 230 g/mol. The Labute approximate surface area is 97.9 Å². The van der Waals surface area contributed by atoms with Crippen molar-refractivity contribution in [3.63, 3.8) is 0 Å². The first-order valence-electron chi connectivity index (χ1n) is 4.95. The number of benzene rings is 1. The van der Waals surface area contributed by atoms with Crippen LogP contribution in [0.4, 0.5) is 0 Å². The van der Waals surface area contributed by atoms with Crippen LogP contribution in [-0.4, -0.2) is 11.1 Å². The van der Waals surface area contributed by atoms with Crippen LogP contribution in [0.2, 0.25) is 0 Å². The van der Waals surface area contributed by atoms with Crippen molar-refractivity contribution in [3.05, 3.63) is 47.2 Å². The number of hydroxylamine groups is 1. The van der Waals surface area contributed by atoms with Crippen LogP contribution >= 0.6 is 0 Å². The number of carboxylic acid groups (broad SMARTS) is 1. The fraction of sp³-hybridized carbons (Fsp3) is 0.167. The Bertz CT molecular complexity index is 545. The fourth-order valence-electron chi connectivity index (χ4n) is 1.76. The highest BCUT2D eigenvalue weighted by atomic mass is 16.6. The third kappa shape index (κ3) is 1.75. The minimum Gasteiger partial charge on any atom is -0.478 e. The van der Waals surface area contributed by atoms with Crippen LogP contribution in [0.25, 0.3) is 0 Å². The van der Waals surface area contributed by atoms with E-state index in [-0.39, 0.29) is 5.57 Å². The molecule has 0 spiro atoms. The molecule has 1 atom stereocenters. The maximum atomic E-state index is 11.1. The molecule has 0 saturated heterocycles. The predicted octanol–water partition coefficient (Wildman–Crippen LogP) is 1.28. The number of hydrogen-bond donors (Lipinski definition) is 2. The minimum atomic E-state index is -1.06. The maximum Gasteiger partial charge on any atom is 0.337 e. The quantitative estimate of drug-likeness (QED) is 0.799. The van der Waals surface area contributed by atoms with Crippen LogP contribution in [0.15, 0.2) is 36.1 Å². The highest BCUT2D eigenvalue weighted by Gasteiger charge is 2.40. The molecule has 0 saturated carbocycles. The number of aliphatic carboxylic acids is 1. The van der Waals surface area contributed by atoms with E-state index in [1.54, 1.807) is 31.2 Å². The molecule has 17 heavy (non-hydrogen) atoms. The molecule has 0 radical (unpaired) electrons. The molecule has 5 nitrogen and oxygen atoms in total. The number of nitriles is 1. The van der Waals surface area contributed by atoms with Crippen LogP contribution in [0.1, 0.15) is 18.1 Å². The van der Waals surface area contributed by atoms with E-state index in [9.17, 15) is 4.79 Å². The molecule has 1 aromatic carbocycles. The summed E-state index contributed by atoms with van der Waals surface area (Å²) in [6, 6.07) is 8.77. The van der Waals surface area contributed by atoms with Gasteiger partial charge >= 0.3 is 5.97 Å². The van der Waals surface area contributed by atoms with Crippen molar-refractivity contribution >= 4 is 5.97 Å². The standard InChI is InChI=1S/C12H10N2O3/c1-12(10(11(15)16)7-17-14-12)9-4-2-3-8(5-9)6-13/h2-5,7,14H,1H3,(H,15,16). The highest BCUT2D eigenvalue weighted by Crippen LogP contribution is 2.33. The summed E-state index contributed by atoms with van der Waals surface area (Å²) >= 11 is 0. The van der Waals surface area contributed by atoms with Crippen LogP contribution < -0.4 is 5.48 Å². The second-order valence-corrected chi connectivity index (χ2v) is 3.87. The molecule has 1 aliphatic rings. The highest BCUT2D eigenvalue weighted by molar-refractivity contribution is 5.89.